The molecule has 6 nitrogen and oxygen atoms in total. The highest BCUT2D eigenvalue weighted by Crippen LogP contribution is 2.47. The first-order chi connectivity index (χ1) is 6.87. The highest BCUT2D eigenvalue weighted by Gasteiger charge is 2.24. The van der Waals surface area contributed by atoms with Gasteiger partial charge in [-0.15, -0.1) is 0 Å². The van der Waals surface area contributed by atoms with E-state index in [0.717, 1.165) is 12.8 Å². The summed E-state index contributed by atoms with van der Waals surface area (Å²) in [6, 6.07) is -0.846. The molecule has 0 saturated heterocycles. The third-order valence-electron chi connectivity index (χ3n) is 1.42. The number of hydroxylamine groups is 1. The molecule has 15 heavy (non-hydrogen) atoms. The quantitative estimate of drug-likeness (QED) is 0.410. The number of halogens is 1. The molecule has 0 spiro atoms. The van der Waals surface area contributed by atoms with Crippen LogP contribution in [0.3, 0.4) is 0 Å². The summed E-state index contributed by atoms with van der Waals surface area (Å²) < 4.78 is 14.6. The lowest BCUT2D eigenvalue weighted by molar-refractivity contribution is -0.140. The summed E-state index contributed by atoms with van der Waals surface area (Å²) in [5.74, 6) is -0.938. The number of hydrogen-bond donors (Lipinski definition) is 2. The van der Waals surface area contributed by atoms with Crippen LogP contribution in [0, 0.1) is 0 Å². The number of carbonyl (C=O) groups excluding carboxylic acids is 1. The van der Waals surface area contributed by atoms with Crippen molar-refractivity contribution in [3.05, 3.63) is 0 Å². The van der Waals surface area contributed by atoms with Gasteiger partial charge in [0.1, 0.15) is 6.04 Å². The Morgan fingerprint density at radius 2 is 2.27 bits per heavy atom. The minimum Gasteiger partial charge on any atom is -0.379 e. The van der Waals surface area contributed by atoms with E-state index in [1.807, 2.05) is 6.92 Å². The van der Waals surface area contributed by atoms with E-state index in [0.29, 0.717) is 6.61 Å². The molecule has 0 bridgehead atoms. The zero-order valence-corrected chi connectivity index (χ0v) is 10.3. The van der Waals surface area contributed by atoms with Crippen LogP contribution in [0.1, 0.15) is 26.7 Å². The molecule has 0 radical (unpaired) electrons. The van der Waals surface area contributed by atoms with Gasteiger partial charge in [0.05, 0.1) is 6.61 Å². The third kappa shape index (κ3) is 8.84. The van der Waals surface area contributed by atoms with Crippen LogP contribution in [0.5, 0.6) is 0 Å². The van der Waals surface area contributed by atoms with Gasteiger partial charge in [0.15, 0.2) is 0 Å². The third-order valence-corrected chi connectivity index (χ3v) is 2.03. The number of carbonyl (C=O) groups is 1. The minimum atomic E-state index is -4.29. The first kappa shape index (κ1) is 14.9. The monoisotopic (exact) mass is 259 g/mol. The average Bonchev–Trinajstić information content (AvgIpc) is 2.09. The molecule has 0 heterocycles. The van der Waals surface area contributed by atoms with Crippen LogP contribution in [-0.4, -0.2) is 23.5 Å². The van der Waals surface area contributed by atoms with Crippen LogP contribution in [0.2, 0.25) is 0 Å². The maximum atomic E-state index is 11.0. The highest BCUT2D eigenvalue weighted by molar-refractivity contribution is 7.80. The second-order valence-corrected chi connectivity index (χ2v) is 5.27. The summed E-state index contributed by atoms with van der Waals surface area (Å²) >= 11 is 4.86. The fraction of sp³-hybridized carbons (Fsp3) is 0.857. The lowest BCUT2D eigenvalue weighted by atomic mass is 10.4. The van der Waals surface area contributed by atoms with E-state index >= 15 is 0 Å². The van der Waals surface area contributed by atoms with E-state index in [4.69, 9.17) is 21.0 Å². The van der Waals surface area contributed by atoms with Gasteiger partial charge in [-0.25, -0.2) is 9.36 Å². The van der Waals surface area contributed by atoms with E-state index in [1.165, 1.54) is 6.92 Å². The Balaban J connectivity index is 3.75. The van der Waals surface area contributed by atoms with Crippen LogP contribution < -0.4 is 5.48 Å². The van der Waals surface area contributed by atoms with Crippen molar-refractivity contribution in [3.63, 3.8) is 0 Å². The van der Waals surface area contributed by atoms with Gasteiger partial charge >= 0.3 is 12.9 Å². The van der Waals surface area contributed by atoms with Gasteiger partial charge in [0.25, 0.3) is 0 Å². The van der Waals surface area contributed by atoms with Gasteiger partial charge in [-0.1, -0.05) is 13.3 Å². The topological polar surface area (TPSA) is 84.9 Å². The predicted molar refractivity (Wildman–Crippen MR) is 55.2 cm³/mol. The molecular formula is C7H15ClNO5P. The van der Waals surface area contributed by atoms with Crippen molar-refractivity contribution in [1.29, 1.82) is 0 Å². The Labute approximate surface area is 93.2 Å². The van der Waals surface area contributed by atoms with Crippen molar-refractivity contribution in [2.75, 3.05) is 6.61 Å². The zero-order chi connectivity index (χ0) is 11.9. The first-order valence-corrected chi connectivity index (χ1v) is 6.98. The molecule has 0 saturated carbocycles. The molecule has 1 unspecified atom stereocenters. The molecule has 8 heteroatoms. The molecule has 90 valence electrons. The van der Waals surface area contributed by atoms with E-state index in [9.17, 15) is 9.36 Å². The lowest BCUT2D eigenvalue weighted by Gasteiger charge is -2.12. The van der Waals surface area contributed by atoms with Crippen LogP contribution in [-0.2, 0) is 18.7 Å². The number of unbranched alkanes of at least 4 members (excludes halogenated alkanes) is 1. The Morgan fingerprint density at radius 1 is 1.67 bits per heavy atom. The summed E-state index contributed by atoms with van der Waals surface area (Å²) in [4.78, 5) is 24.5. The van der Waals surface area contributed by atoms with Crippen LogP contribution >= 0.6 is 18.2 Å². The minimum absolute atomic E-state index is 0.450. The van der Waals surface area contributed by atoms with Gasteiger partial charge in [-0.3, -0.25) is 0 Å². The normalized spacial score (nSPS) is 16.8. The highest BCUT2D eigenvalue weighted by atomic mass is 35.7. The van der Waals surface area contributed by atoms with Gasteiger partial charge in [-0.05, 0) is 13.3 Å². The van der Waals surface area contributed by atoms with Gasteiger partial charge in [-0.2, -0.15) is 5.48 Å². The fourth-order valence-electron chi connectivity index (χ4n) is 0.639. The standard InChI is InChI=1S/C7H15ClNO5P/c1-3-4-5-13-9-6(2)7(10)14-15(8,11)12/h6,9H,3-5H2,1-2H3,(H,11,12)/t6-/m0/s1. The second-order valence-electron chi connectivity index (χ2n) is 2.90. The van der Waals surface area contributed by atoms with Gasteiger partial charge in [0.2, 0.25) is 0 Å². The summed E-state index contributed by atoms with van der Waals surface area (Å²) in [5.41, 5.74) is 2.37. The number of hydrogen-bond acceptors (Lipinski definition) is 5. The van der Waals surface area contributed by atoms with Crippen molar-refractivity contribution in [2.45, 2.75) is 32.7 Å². The van der Waals surface area contributed by atoms with Crippen LogP contribution in [0.4, 0.5) is 0 Å². The smallest absolute Gasteiger partial charge is 0.379 e. The van der Waals surface area contributed by atoms with E-state index in [2.05, 4.69) is 10.0 Å². The molecule has 0 aromatic carbocycles. The second kappa shape index (κ2) is 7.19. The van der Waals surface area contributed by atoms with Crippen molar-refractivity contribution in [3.8, 4) is 0 Å². The largest absolute Gasteiger partial charge is 0.476 e. The molecule has 0 rings (SSSR count). The van der Waals surface area contributed by atoms with Crippen molar-refractivity contribution in [1.82, 2.24) is 5.48 Å². The fourth-order valence-corrected chi connectivity index (χ4v) is 1.22. The molecule has 0 aliphatic rings. The summed E-state index contributed by atoms with van der Waals surface area (Å²) in [5, 5.41) is 0. The lowest BCUT2D eigenvalue weighted by Crippen LogP contribution is -2.34. The Kier molecular flexibility index (Phi) is 7.13. The molecular weight excluding hydrogens is 245 g/mol. The molecule has 0 aliphatic carbocycles. The number of nitrogens with one attached hydrogen (secondary N) is 1. The first-order valence-electron chi connectivity index (χ1n) is 4.50. The summed E-state index contributed by atoms with van der Waals surface area (Å²) in [7, 11) is 0. The SMILES string of the molecule is CCCCON[C@@H](C)C(=O)OP(=O)(O)Cl. The molecule has 2 atom stereocenters. The molecule has 0 aliphatic heterocycles. The van der Waals surface area contributed by atoms with E-state index in [-0.39, 0.29) is 0 Å². The Bertz CT molecular complexity index is 244. The van der Waals surface area contributed by atoms with Crippen molar-refractivity contribution >= 4 is 24.2 Å². The zero-order valence-electron chi connectivity index (χ0n) is 8.60. The molecule has 0 aromatic heterocycles. The Hall–Kier alpha value is -0.130. The number of rotatable bonds is 7. The maximum absolute atomic E-state index is 11.0. The van der Waals surface area contributed by atoms with E-state index < -0.39 is 19.0 Å². The average molecular weight is 260 g/mol. The van der Waals surface area contributed by atoms with Gasteiger partial charge in [0, 0.05) is 11.2 Å². The molecule has 2 N–H and O–H groups in total. The van der Waals surface area contributed by atoms with Crippen LogP contribution in [0.25, 0.3) is 0 Å². The molecule has 0 aromatic rings. The molecule has 0 fully saturated rings. The summed E-state index contributed by atoms with van der Waals surface area (Å²) in [6.45, 7) is -0.415. The van der Waals surface area contributed by atoms with Gasteiger partial charge < -0.3 is 14.3 Å². The maximum Gasteiger partial charge on any atom is 0.476 e. The Morgan fingerprint density at radius 3 is 2.73 bits per heavy atom. The summed E-state index contributed by atoms with van der Waals surface area (Å²) in [6.07, 6.45) is 1.82. The van der Waals surface area contributed by atoms with E-state index in [1.54, 1.807) is 0 Å². The molecule has 0 amide bonds. The van der Waals surface area contributed by atoms with Crippen molar-refractivity contribution < 1.29 is 23.6 Å². The van der Waals surface area contributed by atoms with Crippen molar-refractivity contribution in [2.24, 2.45) is 0 Å². The van der Waals surface area contributed by atoms with Crippen LogP contribution in [0.15, 0.2) is 0 Å². The predicted octanol–water partition coefficient (Wildman–Crippen LogP) is 1.58.